The zero-order valence-electron chi connectivity index (χ0n) is 11.6. The lowest BCUT2D eigenvalue weighted by Gasteiger charge is -2.02. The molecule has 1 amide bonds. The van der Waals surface area contributed by atoms with Crippen LogP contribution in [0.2, 0.25) is 0 Å². The van der Waals surface area contributed by atoms with Gasteiger partial charge in [-0.25, -0.2) is 4.98 Å². The normalized spacial score (nSPS) is 22.9. The van der Waals surface area contributed by atoms with Gasteiger partial charge in [0.05, 0.1) is 16.1 Å². The van der Waals surface area contributed by atoms with E-state index in [1.54, 1.807) is 6.08 Å². The van der Waals surface area contributed by atoms with Crippen molar-refractivity contribution in [1.29, 1.82) is 0 Å². The van der Waals surface area contributed by atoms with Gasteiger partial charge < -0.3 is 5.32 Å². The zero-order valence-corrected chi connectivity index (χ0v) is 13.9. The van der Waals surface area contributed by atoms with Crippen molar-refractivity contribution in [2.24, 2.45) is 17.3 Å². The van der Waals surface area contributed by atoms with Crippen molar-refractivity contribution in [1.82, 2.24) is 4.98 Å². The van der Waals surface area contributed by atoms with Crippen LogP contribution in [0.15, 0.2) is 34.8 Å². The Kier molecular flexibility index (Phi) is 3.72. The SMILES string of the molecule is CC1(C)[C@@H](C=C(Cl)Cl)[C@@H]1C(=O)Nc1nc2ccccc2s1. The summed E-state index contributed by atoms with van der Waals surface area (Å²) in [5.74, 6) is -0.0937. The summed E-state index contributed by atoms with van der Waals surface area (Å²) < 4.78 is 1.27. The summed E-state index contributed by atoms with van der Waals surface area (Å²) >= 11 is 12.9. The average Bonchev–Trinajstić information content (AvgIpc) is 2.77. The van der Waals surface area contributed by atoms with Crippen LogP contribution in [0.5, 0.6) is 0 Å². The number of fused-ring (bicyclic) bond motifs is 1. The molecule has 3 nitrogen and oxygen atoms in total. The highest BCUT2D eigenvalue weighted by atomic mass is 35.5. The Labute approximate surface area is 137 Å². The Bertz CT molecular complexity index is 701. The van der Waals surface area contributed by atoms with Gasteiger partial charge in [-0.2, -0.15) is 0 Å². The molecule has 6 heteroatoms. The van der Waals surface area contributed by atoms with Crippen molar-refractivity contribution in [3.05, 3.63) is 34.8 Å². The largest absolute Gasteiger partial charge is 0.302 e. The van der Waals surface area contributed by atoms with Crippen LogP contribution >= 0.6 is 34.5 Å². The molecule has 110 valence electrons. The maximum absolute atomic E-state index is 12.4. The molecule has 1 aromatic carbocycles. The molecule has 0 aliphatic heterocycles. The molecule has 1 aromatic heterocycles. The van der Waals surface area contributed by atoms with E-state index in [2.05, 4.69) is 10.3 Å². The van der Waals surface area contributed by atoms with Crippen molar-refractivity contribution >= 4 is 55.8 Å². The average molecular weight is 341 g/mol. The number of nitrogens with zero attached hydrogens (tertiary/aromatic N) is 1. The van der Waals surface area contributed by atoms with E-state index < -0.39 is 0 Å². The summed E-state index contributed by atoms with van der Waals surface area (Å²) in [5.41, 5.74) is 0.767. The minimum absolute atomic E-state index is 0.0325. The first-order chi connectivity index (χ1) is 9.89. The maximum atomic E-state index is 12.4. The number of benzene rings is 1. The Morgan fingerprint density at radius 2 is 2.10 bits per heavy atom. The van der Waals surface area contributed by atoms with Gasteiger partial charge in [-0.05, 0) is 29.5 Å². The number of anilines is 1. The van der Waals surface area contributed by atoms with Gasteiger partial charge in [0, 0.05) is 0 Å². The van der Waals surface area contributed by atoms with Crippen LogP contribution in [0.4, 0.5) is 5.13 Å². The minimum atomic E-state index is -0.129. The van der Waals surface area contributed by atoms with Crippen LogP contribution in [0, 0.1) is 17.3 Å². The highest BCUT2D eigenvalue weighted by Crippen LogP contribution is 2.60. The summed E-state index contributed by atoms with van der Waals surface area (Å²) in [6, 6.07) is 7.81. The fraction of sp³-hybridized carbons (Fsp3) is 0.333. The third-order valence-electron chi connectivity index (χ3n) is 4.02. The molecule has 1 heterocycles. The highest BCUT2D eigenvalue weighted by molar-refractivity contribution is 7.22. The number of nitrogens with one attached hydrogen (secondary N) is 1. The molecule has 0 unspecified atom stereocenters. The first-order valence-electron chi connectivity index (χ1n) is 6.59. The molecule has 0 bridgehead atoms. The topological polar surface area (TPSA) is 42.0 Å². The molecule has 1 N–H and O–H groups in total. The lowest BCUT2D eigenvalue weighted by molar-refractivity contribution is -0.118. The summed E-state index contributed by atoms with van der Waals surface area (Å²) in [6.45, 7) is 4.07. The molecule has 21 heavy (non-hydrogen) atoms. The van der Waals surface area contributed by atoms with Crippen LogP contribution < -0.4 is 5.32 Å². The monoisotopic (exact) mass is 340 g/mol. The first kappa shape index (κ1) is 14.8. The standard InChI is InChI=1S/C15H14Cl2N2OS/c1-15(2)8(7-11(16)17)12(15)13(20)19-14-18-9-5-3-4-6-10(9)21-14/h3-8,12H,1-2H3,(H,18,19,20)/t8-,12+/m0/s1. The van der Waals surface area contributed by atoms with Crippen molar-refractivity contribution in [3.63, 3.8) is 0 Å². The Morgan fingerprint density at radius 3 is 2.76 bits per heavy atom. The van der Waals surface area contributed by atoms with Gasteiger partial charge in [-0.15, -0.1) is 0 Å². The fourth-order valence-electron chi connectivity index (χ4n) is 2.73. The molecule has 2 atom stereocenters. The smallest absolute Gasteiger partial charge is 0.230 e. The van der Waals surface area contributed by atoms with Crippen molar-refractivity contribution in [2.45, 2.75) is 13.8 Å². The van der Waals surface area contributed by atoms with E-state index in [4.69, 9.17) is 23.2 Å². The Hall–Kier alpha value is -1.10. The molecule has 0 saturated heterocycles. The second-order valence-electron chi connectivity index (χ2n) is 5.76. The summed E-state index contributed by atoms with van der Waals surface area (Å²) in [7, 11) is 0. The summed E-state index contributed by atoms with van der Waals surface area (Å²) in [5, 5.41) is 3.53. The number of allylic oxidation sites excluding steroid dienone is 1. The van der Waals surface area contributed by atoms with Gasteiger partial charge >= 0.3 is 0 Å². The molecular weight excluding hydrogens is 327 g/mol. The second kappa shape index (κ2) is 5.27. The Balaban J connectivity index is 1.76. The van der Waals surface area contributed by atoms with Gasteiger partial charge in [-0.3, -0.25) is 4.79 Å². The number of hydrogen-bond acceptors (Lipinski definition) is 3. The Morgan fingerprint density at radius 1 is 1.38 bits per heavy atom. The van der Waals surface area contributed by atoms with E-state index >= 15 is 0 Å². The number of thiazole rings is 1. The number of carbonyl (C=O) groups is 1. The van der Waals surface area contributed by atoms with E-state index in [9.17, 15) is 4.79 Å². The third kappa shape index (κ3) is 2.80. The van der Waals surface area contributed by atoms with Crippen LogP contribution in [0.1, 0.15) is 13.8 Å². The molecule has 0 spiro atoms. The van der Waals surface area contributed by atoms with Gasteiger partial charge in [0.2, 0.25) is 5.91 Å². The first-order valence-corrected chi connectivity index (χ1v) is 8.16. The second-order valence-corrected chi connectivity index (χ2v) is 7.80. The van der Waals surface area contributed by atoms with Crippen molar-refractivity contribution in [3.8, 4) is 0 Å². The minimum Gasteiger partial charge on any atom is -0.302 e. The molecule has 1 saturated carbocycles. The molecule has 0 radical (unpaired) electrons. The predicted molar refractivity (Wildman–Crippen MR) is 88.8 cm³/mol. The van der Waals surface area contributed by atoms with E-state index in [1.165, 1.54) is 11.3 Å². The molecule has 1 aliphatic rings. The number of rotatable bonds is 3. The summed E-state index contributed by atoms with van der Waals surface area (Å²) in [6.07, 6.45) is 1.74. The van der Waals surface area contributed by atoms with Gasteiger partial charge in [0.1, 0.15) is 4.49 Å². The summed E-state index contributed by atoms with van der Waals surface area (Å²) in [4.78, 5) is 16.8. The molecule has 1 fully saturated rings. The van der Waals surface area contributed by atoms with Crippen LogP contribution in [-0.4, -0.2) is 10.9 Å². The van der Waals surface area contributed by atoms with Crippen molar-refractivity contribution < 1.29 is 4.79 Å². The molecular formula is C15H14Cl2N2OS. The number of amides is 1. The maximum Gasteiger partial charge on any atom is 0.230 e. The molecule has 3 rings (SSSR count). The molecule has 2 aromatic rings. The number of halogens is 2. The van der Waals surface area contributed by atoms with E-state index in [0.717, 1.165) is 10.2 Å². The van der Waals surface area contributed by atoms with E-state index in [0.29, 0.717) is 5.13 Å². The highest BCUT2D eigenvalue weighted by Gasteiger charge is 2.60. The van der Waals surface area contributed by atoms with Crippen LogP contribution in [0.25, 0.3) is 10.2 Å². The van der Waals surface area contributed by atoms with Crippen LogP contribution in [-0.2, 0) is 4.79 Å². The number of aromatic nitrogens is 1. The number of hydrogen-bond donors (Lipinski definition) is 1. The predicted octanol–water partition coefficient (Wildman–Crippen LogP) is 4.83. The van der Waals surface area contributed by atoms with Crippen LogP contribution in [0.3, 0.4) is 0 Å². The molecule has 1 aliphatic carbocycles. The van der Waals surface area contributed by atoms with Gasteiger partial charge in [0.15, 0.2) is 5.13 Å². The third-order valence-corrected chi connectivity index (χ3v) is 5.23. The number of carbonyl (C=O) groups excluding carboxylic acids is 1. The van der Waals surface area contributed by atoms with E-state index in [-0.39, 0.29) is 27.6 Å². The van der Waals surface area contributed by atoms with Gasteiger partial charge in [0.25, 0.3) is 0 Å². The number of para-hydroxylation sites is 1. The zero-order chi connectivity index (χ0) is 15.2. The lowest BCUT2D eigenvalue weighted by atomic mass is 10.1. The fourth-order valence-corrected chi connectivity index (χ4v) is 3.87. The lowest BCUT2D eigenvalue weighted by Crippen LogP contribution is -2.16. The quantitative estimate of drug-likeness (QED) is 0.869. The van der Waals surface area contributed by atoms with Crippen molar-refractivity contribution in [2.75, 3.05) is 5.32 Å². The van der Waals surface area contributed by atoms with E-state index in [1.807, 2.05) is 38.1 Å². The van der Waals surface area contributed by atoms with Gasteiger partial charge in [-0.1, -0.05) is 60.5 Å².